The van der Waals surface area contributed by atoms with Crippen LogP contribution in [0.4, 0.5) is 5.69 Å². The number of anilines is 1. The number of nitrogens with zero attached hydrogens (tertiary/aromatic N) is 3. The molecule has 0 saturated heterocycles. The second-order valence-corrected chi connectivity index (χ2v) is 8.65. The number of hydrogen-bond acceptors (Lipinski definition) is 5. The molecule has 0 aliphatic carbocycles. The van der Waals surface area contributed by atoms with E-state index in [1.165, 1.54) is 11.8 Å². The molecular formula is C20H21N3O2S. The maximum Gasteiger partial charge on any atom is 0.0889 e. The molecule has 1 aromatic carbocycles. The SMILES string of the molecule is CS(O)(O)c1ccc(N2CCc3nc(-c4ccccn4)ccc3C2)cc1. The van der Waals surface area contributed by atoms with E-state index in [4.69, 9.17) is 4.98 Å². The molecule has 2 N–H and O–H groups in total. The van der Waals surface area contributed by atoms with Crippen LogP contribution in [-0.2, 0) is 13.0 Å². The molecule has 26 heavy (non-hydrogen) atoms. The Morgan fingerprint density at radius 1 is 0.962 bits per heavy atom. The standard InChI is InChI=1S/C20H21N3O2S/c1-26(24,25)17-8-6-16(7-9-17)23-13-11-18-15(14-23)5-10-20(22-18)19-4-2-3-12-21-19/h2-10,12,24-25H,11,13-14H2,1H3. The third-order valence-corrected chi connectivity index (χ3v) is 5.79. The molecule has 3 heterocycles. The highest BCUT2D eigenvalue weighted by molar-refractivity contribution is 8.23. The molecule has 0 fully saturated rings. The lowest BCUT2D eigenvalue weighted by Gasteiger charge is -2.31. The van der Waals surface area contributed by atoms with Crippen molar-refractivity contribution in [2.75, 3.05) is 17.7 Å². The maximum absolute atomic E-state index is 9.75. The van der Waals surface area contributed by atoms with E-state index in [-0.39, 0.29) is 0 Å². The predicted octanol–water partition coefficient (Wildman–Crippen LogP) is 4.45. The van der Waals surface area contributed by atoms with Crippen LogP contribution in [-0.4, -0.2) is 31.9 Å². The lowest BCUT2D eigenvalue weighted by atomic mass is 10.0. The molecule has 0 atom stereocenters. The quantitative estimate of drug-likeness (QED) is 0.716. The minimum Gasteiger partial charge on any atom is -0.367 e. The molecule has 1 aliphatic heterocycles. The van der Waals surface area contributed by atoms with E-state index in [2.05, 4.69) is 16.0 Å². The maximum atomic E-state index is 9.75. The van der Waals surface area contributed by atoms with E-state index in [1.54, 1.807) is 18.3 Å². The molecule has 1 aliphatic rings. The summed E-state index contributed by atoms with van der Waals surface area (Å²) in [6, 6.07) is 17.5. The first-order chi connectivity index (χ1) is 12.5. The summed E-state index contributed by atoms with van der Waals surface area (Å²) in [5.41, 5.74) is 5.24. The molecule has 0 saturated carbocycles. The van der Waals surface area contributed by atoms with E-state index in [0.29, 0.717) is 4.90 Å². The Morgan fingerprint density at radius 2 is 1.77 bits per heavy atom. The van der Waals surface area contributed by atoms with Crippen molar-refractivity contribution in [3.63, 3.8) is 0 Å². The lowest BCUT2D eigenvalue weighted by Crippen LogP contribution is -2.31. The zero-order chi connectivity index (χ0) is 18.1. The first kappa shape index (κ1) is 17.0. The first-order valence-electron chi connectivity index (χ1n) is 8.49. The largest absolute Gasteiger partial charge is 0.367 e. The van der Waals surface area contributed by atoms with Crippen LogP contribution in [0.2, 0.25) is 0 Å². The second kappa shape index (κ2) is 6.72. The van der Waals surface area contributed by atoms with Crippen molar-refractivity contribution in [2.45, 2.75) is 17.9 Å². The van der Waals surface area contributed by atoms with Gasteiger partial charge in [0.25, 0.3) is 0 Å². The van der Waals surface area contributed by atoms with Gasteiger partial charge in [-0.2, -0.15) is 10.6 Å². The first-order valence-corrected chi connectivity index (χ1v) is 10.4. The van der Waals surface area contributed by atoms with E-state index in [1.807, 2.05) is 36.4 Å². The summed E-state index contributed by atoms with van der Waals surface area (Å²) in [7, 11) is -2.66. The summed E-state index contributed by atoms with van der Waals surface area (Å²) in [5.74, 6) is 0. The Kier molecular flexibility index (Phi) is 4.40. The average molecular weight is 367 g/mol. The van der Waals surface area contributed by atoms with E-state index in [0.717, 1.165) is 42.3 Å². The molecular weight excluding hydrogens is 346 g/mol. The fraction of sp³-hybridized carbons (Fsp3) is 0.200. The van der Waals surface area contributed by atoms with Gasteiger partial charge in [-0.3, -0.25) is 19.1 Å². The van der Waals surface area contributed by atoms with Gasteiger partial charge in [-0.1, -0.05) is 12.1 Å². The number of aromatic nitrogens is 2. The molecule has 0 unspecified atom stereocenters. The number of fused-ring (bicyclic) bond motifs is 1. The fourth-order valence-corrected chi connectivity index (χ4v) is 3.86. The van der Waals surface area contributed by atoms with Crippen LogP contribution in [0.15, 0.2) is 65.7 Å². The summed E-state index contributed by atoms with van der Waals surface area (Å²) in [5, 5.41) is 0. The summed E-state index contributed by atoms with van der Waals surface area (Å²) in [4.78, 5) is 12.0. The van der Waals surface area contributed by atoms with Gasteiger partial charge in [0.05, 0.1) is 16.3 Å². The van der Waals surface area contributed by atoms with Crippen LogP contribution in [0.3, 0.4) is 0 Å². The van der Waals surface area contributed by atoms with Crippen LogP contribution in [0, 0.1) is 0 Å². The van der Waals surface area contributed by atoms with Crippen LogP contribution in [0.1, 0.15) is 11.3 Å². The minimum absolute atomic E-state index is 0.570. The molecule has 0 bridgehead atoms. The van der Waals surface area contributed by atoms with Crippen molar-refractivity contribution < 1.29 is 9.11 Å². The highest BCUT2D eigenvalue weighted by Crippen LogP contribution is 2.44. The van der Waals surface area contributed by atoms with Crippen molar-refractivity contribution in [3.05, 3.63) is 72.1 Å². The molecule has 3 aromatic rings. The normalized spacial score (nSPS) is 14.8. The van der Waals surface area contributed by atoms with E-state index in [9.17, 15) is 9.11 Å². The van der Waals surface area contributed by atoms with Gasteiger partial charge in [0.1, 0.15) is 0 Å². The van der Waals surface area contributed by atoms with Crippen molar-refractivity contribution in [1.82, 2.24) is 9.97 Å². The van der Waals surface area contributed by atoms with E-state index >= 15 is 0 Å². The van der Waals surface area contributed by atoms with Gasteiger partial charge in [-0.15, -0.1) is 0 Å². The number of pyridine rings is 2. The Balaban J connectivity index is 1.55. The molecule has 0 spiro atoms. The molecule has 4 rings (SSSR count). The van der Waals surface area contributed by atoms with Gasteiger partial charge < -0.3 is 4.90 Å². The van der Waals surface area contributed by atoms with Gasteiger partial charge in [-0.25, -0.2) is 0 Å². The van der Waals surface area contributed by atoms with Crippen LogP contribution in [0.25, 0.3) is 11.4 Å². The topological polar surface area (TPSA) is 69.5 Å². The summed E-state index contributed by atoms with van der Waals surface area (Å²) in [6.07, 6.45) is 4.11. The Labute approximate surface area is 154 Å². The van der Waals surface area contributed by atoms with Gasteiger partial charge in [-0.05, 0) is 48.0 Å². The highest BCUT2D eigenvalue weighted by atomic mass is 32.3. The number of hydrogen-bond donors (Lipinski definition) is 2. The van der Waals surface area contributed by atoms with Crippen molar-refractivity contribution >= 4 is 16.3 Å². The number of rotatable bonds is 3. The number of benzene rings is 1. The van der Waals surface area contributed by atoms with Crippen LogP contribution >= 0.6 is 10.6 Å². The van der Waals surface area contributed by atoms with Crippen molar-refractivity contribution in [1.29, 1.82) is 0 Å². The smallest absolute Gasteiger partial charge is 0.0889 e. The van der Waals surface area contributed by atoms with E-state index < -0.39 is 10.6 Å². The second-order valence-electron chi connectivity index (χ2n) is 6.52. The summed E-state index contributed by atoms with van der Waals surface area (Å²) in [6.45, 7) is 1.68. The van der Waals surface area contributed by atoms with Gasteiger partial charge in [0.2, 0.25) is 0 Å². The van der Waals surface area contributed by atoms with Crippen LogP contribution < -0.4 is 4.90 Å². The van der Waals surface area contributed by atoms with Crippen molar-refractivity contribution in [3.8, 4) is 11.4 Å². The molecule has 2 aromatic heterocycles. The van der Waals surface area contributed by atoms with Crippen molar-refractivity contribution in [2.24, 2.45) is 0 Å². The third kappa shape index (κ3) is 3.44. The Hall–Kier alpha value is -2.41. The Bertz CT molecular complexity index is 909. The average Bonchev–Trinajstić information content (AvgIpc) is 2.67. The molecule has 6 heteroatoms. The zero-order valence-corrected chi connectivity index (χ0v) is 15.4. The highest BCUT2D eigenvalue weighted by Gasteiger charge is 2.19. The molecule has 0 amide bonds. The minimum atomic E-state index is -2.66. The summed E-state index contributed by atoms with van der Waals surface area (Å²) < 4.78 is 19.5. The summed E-state index contributed by atoms with van der Waals surface area (Å²) >= 11 is 0. The molecule has 5 nitrogen and oxygen atoms in total. The monoisotopic (exact) mass is 367 g/mol. The predicted molar refractivity (Wildman–Crippen MR) is 106 cm³/mol. The fourth-order valence-electron chi connectivity index (χ4n) is 3.21. The molecule has 0 radical (unpaired) electrons. The molecule has 134 valence electrons. The van der Waals surface area contributed by atoms with Crippen LogP contribution in [0.5, 0.6) is 0 Å². The zero-order valence-electron chi connectivity index (χ0n) is 14.5. The van der Waals surface area contributed by atoms with Gasteiger partial charge in [0, 0.05) is 43.3 Å². The lowest BCUT2D eigenvalue weighted by molar-refractivity contribution is 0.495. The van der Waals surface area contributed by atoms with Gasteiger partial charge in [0.15, 0.2) is 0 Å². The van der Waals surface area contributed by atoms with Gasteiger partial charge >= 0.3 is 0 Å². The third-order valence-electron chi connectivity index (χ3n) is 4.62. The Morgan fingerprint density at radius 3 is 2.46 bits per heavy atom.